The first-order valence-electron chi connectivity index (χ1n) is 4.34. The zero-order chi connectivity index (χ0) is 11.5. The minimum Gasteiger partial charge on any atom is -0.382 e. The SMILES string of the molecule is CN(Cc1ccsc1)CC(O)C(F)(F)F. The van der Waals surface area contributed by atoms with Crippen LogP contribution < -0.4 is 0 Å². The molecule has 1 N–H and O–H groups in total. The summed E-state index contributed by atoms with van der Waals surface area (Å²) in [4.78, 5) is 1.44. The molecule has 1 aromatic heterocycles. The number of halogens is 3. The normalized spacial score (nSPS) is 14.5. The second kappa shape index (κ2) is 4.96. The Kier molecular flexibility index (Phi) is 4.12. The van der Waals surface area contributed by atoms with Gasteiger partial charge in [0.05, 0.1) is 0 Å². The van der Waals surface area contributed by atoms with Gasteiger partial charge in [-0.25, -0.2) is 0 Å². The van der Waals surface area contributed by atoms with Crippen molar-refractivity contribution in [3.63, 3.8) is 0 Å². The van der Waals surface area contributed by atoms with Gasteiger partial charge in [0.15, 0.2) is 6.10 Å². The summed E-state index contributed by atoms with van der Waals surface area (Å²) >= 11 is 1.49. The molecule has 86 valence electrons. The zero-order valence-electron chi connectivity index (χ0n) is 8.16. The highest BCUT2D eigenvalue weighted by atomic mass is 32.1. The lowest BCUT2D eigenvalue weighted by Crippen LogP contribution is -2.39. The molecule has 1 rings (SSSR count). The number of rotatable bonds is 4. The van der Waals surface area contributed by atoms with E-state index < -0.39 is 18.8 Å². The van der Waals surface area contributed by atoms with Gasteiger partial charge in [-0.1, -0.05) is 0 Å². The van der Waals surface area contributed by atoms with E-state index in [2.05, 4.69) is 0 Å². The van der Waals surface area contributed by atoms with Crippen molar-refractivity contribution in [3.05, 3.63) is 22.4 Å². The van der Waals surface area contributed by atoms with Gasteiger partial charge in [-0.05, 0) is 29.4 Å². The summed E-state index contributed by atoms with van der Waals surface area (Å²) in [6.45, 7) is 0.00991. The molecule has 0 aliphatic heterocycles. The minimum absolute atomic E-state index is 0.403. The third-order valence-electron chi connectivity index (χ3n) is 1.90. The molecule has 0 spiro atoms. The van der Waals surface area contributed by atoms with Crippen molar-refractivity contribution >= 4 is 11.3 Å². The lowest BCUT2D eigenvalue weighted by atomic mass is 10.3. The van der Waals surface area contributed by atoms with E-state index in [0.29, 0.717) is 6.54 Å². The van der Waals surface area contributed by atoms with Crippen molar-refractivity contribution in [1.29, 1.82) is 0 Å². The maximum Gasteiger partial charge on any atom is 0.415 e. The van der Waals surface area contributed by atoms with Crippen LogP contribution in [-0.2, 0) is 6.54 Å². The van der Waals surface area contributed by atoms with E-state index in [4.69, 9.17) is 5.11 Å². The second-order valence-corrected chi connectivity index (χ2v) is 4.17. The molecule has 0 aliphatic carbocycles. The van der Waals surface area contributed by atoms with E-state index in [0.717, 1.165) is 5.56 Å². The zero-order valence-corrected chi connectivity index (χ0v) is 8.98. The summed E-state index contributed by atoms with van der Waals surface area (Å²) in [5.74, 6) is 0. The molecular weight excluding hydrogens is 227 g/mol. The summed E-state index contributed by atoms with van der Waals surface area (Å²) in [6.07, 6.45) is -6.82. The topological polar surface area (TPSA) is 23.5 Å². The molecule has 1 unspecified atom stereocenters. The minimum atomic E-state index is -4.54. The predicted octanol–water partition coefficient (Wildman–Crippen LogP) is 2.10. The number of hydrogen-bond donors (Lipinski definition) is 1. The summed E-state index contributed by atoms with van der Waals surface area (Å²) in [6, 6.07) is 1.85. The van der Waals surface area contributed by atoms with Crippen molar-refractivity contribution in [2.45, 2.75) is 18.8 Å². The molecule has 1 atom stereocenters. The molecule has 15 heavy (non-hydrogen) atoms. The van der Waals surface area contributed by atoms with E-state index in [1.54, 1.807) is 7.05 Å². The van der Waals surface area contributed by atoms with Gasteiger partial charge in [0, 0.05) is 13.1 Å². The van der Waals surface area contributed by atoms with E-state index in [1.807, 2.05) is 16.8 Å². The average molecular weight is 239 g/mol. The molecular formula is C9H12F3NOS. The van der Waals surface area contributed by atoms with Gasteiger partial charge in [-0.15, -0.1) is 0 Å². The number of nitrogens with zero attached hydrogens (tertiary/aromatic N) is 1. The first kappa shape index (κ1) is 12.5. The Labute approximate surface area is 89.9 Å². The van der Waals surface area contributed by atoms with Crippen LogP contribution in [0.15, 0.2) is 16.8 Å². The molecule has 0 bridgehead atoms. The number of hydrogen-bond acceptors (Lipinski definition) is 3. The Hall–Kier alpha value is -0.590. The fourth-order valence-corrected chi connectivity index (χ4v) is 1.82. The van der Waals surface area contributed by atoms with Crippen LogP contribution in [0.3, 0.4) is 0 Å². The first-order chi connectivity index (χ1) is 6.89. The van der Waals surface area contributed by atoms with Crippen molar-refractivity contribution in [3.8, 4) is 0 Å². The van der Waals surface area contributed by atoms with E-state index in [1.165, 1.54) is 16.2 Å². The molecule has 0 amide bonds. The number of likely N-dealkylation sites (N-methyl/N-ethyl adjacent to an activating group) is 1. The maximum atomic E-state index is 12.0. The molecule has 0 saturated heterocycles. The number of aliphatic hydroxyl groups is 1. The van der Waals surface area contributed by atoms with Crippen molar-refractivity contribution in [2.24, 2.45) is 0 Å². The van der Waals surface area contributed by atoms with Crippen LogP contribution in [0.2, 0.25) is 0 Å². The Bertz CT molecular complexity index is 286. The van der Waals surface area contributed by atoms with Crippen LogP contribution in [0, 0.1) is 0 Å². The number of thiophene rings is 1. The lowest BCUT2D eigenvalue weighted by Gasteiger charge is -2.21. The Morgan fingerprint density at radius 1 is 1.53 bits per heavy atom. The summed E-state index contributed by atoms with van der Waals surface area (Å²) in [5.41, 5.74) is 0.955. The molecule has 2 nitrogen and oxygen atoms in total. The van der Waals surface area contributed by atoms with Gasteiger partial charge in [0.1, 0.15) is 0 Å². The Morgan fingerprint density at radius 3 is 2.67 bits per heavy atom. The van der Waals surface area contributed by atoms with Gasteiger partial charge < -0.3 is 5.11 Å². The first-order valence-corrected chi connectivity index (χ1v) is 5.28. The monoisotopic (exact) mass is 239 g/mol. The quantitative estimate of drug-likeness (QED) is 0.869. The number of aliphatic hydroxyl groups excluding tert-OH is 1. The third-order valence-corrected chi connectivity index (χ3v) is 2.63. The van der Waals surface area contributed by atoms with E-state index >= 15 is 0 Å². The van der Waals surface area contributed by atoms with Gasteiger partial charge in [0.2, 0.25) is 0 Å². The molecule has 0 fully saturated rings. The van der Waals surface area contributed by atoms with Gasteiger partial charge in [-0.2, -0.15) is 24.5 Å². The van der Waals surface area contributed by atoms with Crippen LogP contribution in [0.5, 0.6) is 0 Å². The third kappa shape index (κ3) is 4.19. The molecule has 0 aliphatic rings. The maximum absolute atomic E-state index is 12.0. The molecule has 1 aromatic rings. The molecule has 1 heterocycles. The lowest BCUT2D eigenvalue weighted by molar-refractivity contribution is -0.207. The molecule has 0 radical (unpaired) electrons. The van der Waals surface area contributed by atoms with Crippen LogP contribution in [0.1, 0.15) is 5.56 Å². The summed E-state index contributed by atoms with van der Waals surface area (Å²) in [5, 5.41) is 12.6. The van der Waals surface area contributed by atoms with Crippen molar-refractivity contribution in [2.75, 3.05) is 13.6 Å². The smallest absolute Gasteiger partial charge is 0.382 e. The fraction of sp³-hybridized carbons (Fsp3) is 0.556. The standard InChI is InChI=1S/C9H12F3NOS/c1-13(4-7-2-3-15-6-7)5-8(14)9(10,11)12/h2-3,6,8,14H,4-5H2,1H3. The van der Waals surface area contributed by atoms with Crippen molar-refractivity contribution in [1.82, 2.24) is 4.90 Å². The molecule has 0 saturated carbocycles. The highest BCUT2D eigenvalue weighted by Crippen LogP contribution is 2.21. The van der Waals surface area contributed by atoms with E-state index in [-0.39, 0.29) is 0 Å². The largest absolute Gasteiger partial charge is 0.415 e. The van der Waals surface area contributed by atoms with Crippen molar-refractivity contribution < 1.29 is 18.3 Å². The van der Waals surface area contributed by atoms with Crippen LogP contribution >= 0.6 is 11.3 Å². The van der Waals surface area contributed by atoms with Crippen LogP contribution in [0.4, 0.5) is 13.2 Å². The Balaban J connectivity index is 2.39. The Morgan fingerprint density at radius 2 is 2.20 bits per heavy atom. The highest BCUT2D eigenvalue weighted by Gasteiger charge is 2.38. The van der Waals surface area contributed by atoms with Gasteiger partial charge in [-0.3, -0.25) is 4.90 Å². The van der Waals surface area contributed by atoms with Gasteiger partial charge >= 0.3 is 6.18 Å². The molecule has 6 heteroatoms. The number of alkyl halides is 3. The van der Waals surface area contributed by atoms with Crippen LogP contribution in [0.25, 0.3) is 0 Å². The fourth-order valence-electron chi connectivity index (χ4n) is 1.16. The average Bonchev–Trinajstić information content (AvgIpc) is 2.54. The van der Waals surface area contributed by atoms with E-state index in [9.17, 15) is 13.2 Å². The summed E-state index contributed by atoms with van der Waals surface area (Å²) < 4.78 is 36.0. The van der Waals surface area contributed by atoms with Crippen LogP contribution in [-0.4, -0.2) is 35.9 Å². The van der Waals surface area contributed by atoms with Gasteiger partial charge in [0.25, 0.3) is 0 Å². The second-order valence-electron chi connectivity index (χ2n) is 3.39. The predicted molar refractivity (Wildman–Crippen MR) is 52.7 cm³/mol. The summed E-state index contributed by atoms with van der Waals surface area (Å²) in [7, 11) is 1.55. The molecule has 0 aromatic carbocycles. The highest BCUT2D eigenvalue weighted by molar-refractivity contribution is 7.07.